The molecule has 2 heterocycles. The maximum absolute atomic E-state index is 11.8. The van der Waals surface area contributed by atoms with Gasteiger partial charge in [0, 0.05) is 22.9 Å². The molecule has 0 saturated carbocycles. The van der Waals surface area contributed by atoms with Gasteiger partial charge in [-0.1, -0.05) is 30.3 Å². The minimum atomic E-state index is -0.266. The van der Waals surface area contributed by atoms with Crippen molar-refractivity contribution in [2.45, 2.75) is 13.5 Å². The van der Waals surface area contributed by atoms with Gasteiger partial charge in [0.1, 0.15) is 5.82 Å². The van der Waals surface area contributed by atoms with Crippen LogP contribution < -0.4 is 5.56 Å². The molecule has 1 aliphatic heterocycles. The van der Waals surface area contributed by atoms with Crippen molar-refractivity contribution in [2.75, 3.05) is 0 Å². The van der Waals surface area contributed by atoms with Gasteiger partial charge in [-0.3, -0.25) is 9.79 Å². The molecule has 0 atom stereocenters. The van der Waals surface area contributed by atoms with Crippen molar-refractivity contribution < 1.29 is 0 Å². The summed E-state index contributed by atoms with van der Waals surface area (Å²) in [6, 6.07) is 19.0. The van der Waals surface area contributed by atoms with Gasteiger partial charge in [0.25, 0.3) is 5.56 Å². The number of nitriles is 1. The summed E-state index contributed by atoms with van der Waals surface area (Å²) in [6.07, 6.45) is 0. The quantitative estimate of drug-likeness (QED) is 0.690. The number of hydrogen-bond acceptors (Lipinski definition) is 4. The molecule has 0 N–H and O–H groups in total. The maximum Gasteiger partial charge on any atom is 0.273 e. The van der Waals surface area contributed by atoms with Crippen LogP contribution in [-0.2, 0) is 6.54 Å². The lowest BCUT2D eigenvalue weighted by molar-refractivity contribution is 0.795. The van der Waals surface area contributed by atoms with Crippen LogP contribution in [0.1, 0.15) is 28.2 Å². The molecule has 0 spiro atoms. The van der Waals surface area contributed by atoms with Crippen molar-refractivity contribution in [1.82, 2.24) is 9.55 Å². The molecular formula is C20H14N4O. The number of hydrogen-bond donors (Lipinski definition) is 0. The summed E-state index contributed by atoms with van der Waals surface area (Å²) in [6.45, 7) is 2.18. The number of aromatic nitrogens is 2. The first-order valence-electron chi connectivity index (χ1n) is 7.92. The van der Waals surface area contributed by atoms with Crippen molar-refractivity contribution in [3.63, 3.8) is 0 Å². The molecule has 2 aromatic carbocycles. The number of benzene rings is 2. The maximum atomic E-state index is 11.8. The first-order valence-corrected chi connectivity index (χ1v) is 7.92. The Hall–Kier alpha value is -3.52. The van der Waals surface area contributed by atoms with Crippen molar-refractivity contribution >= 4 is 5.71 Å². The fourth-order valence-electron chi connectivity index (χ4n) is 3.16. The Bertz CT molecular complexity index is 1100. The second kappa shape index (κ2) is 5.84. The van der Waals surface area contributed by atoms with Crippen LogP contribution in [-0.4, -0.2) is 15.3 Å². The van der Waals surface area contributed by atoms with E-state index >= 15 is 0 Å². The lowest BCUT2D eigenvalue weighted by Crippen LogP contribution is -2.18. The molecule has 0 unspecified atom stereocenters. The van der Waals surface area contributed by atoms with Crippen molar-refractivity contribution in [1.29, 1.82) is 5.26 Å². The third-order valence-electron chi connectivity index (χ3n) is 4.23. The zero-order chi connectivity index (χ0) is 17.4. The Labute approximate surface area is 144 Å². The highest BCUT2D eigenvalue weighted by atomic mass is 16.1. The van der Waals surface area contributed by atoms with Crippen LogP contribution in [0.25, 0.3) is 5.69 Å². The van der Waals surface area contributed by atoms with Crippen LogP contribution in [0.4, 0.5) is 0 Å². The molecule has 0 amide bonds. The Balaban J connectivity index is 2.06. The SMILES string of the molecule is Cc1cc(=O)nc2n1-c1ccc(C#N)cc1C(c1ccccc1)=NC2. The summed E-state index contributed by atoms with van der Waals surface area (Å²) in [7, 11) is 0. The molecule has 4 rings (SSSR count). The minimum Gasteiger partial charge on any atom is -0.300 e. The molecule has 25 heavy (non-hydrogen) atoms. The molecule has 120 valence electrons. The average Bonchev–Trinajstić information content (AvgIpc) is 2.78. The topological polar surface area (TPSA) is 71.0 Å². The van der Waals surface area contributed by atoms with Gasteiger partial charge in [-0.25, -0.2) is 0 Å². The second-order valence-corrected chi connectivity index (χ2v) is 5.86. The Kier molecular flexibility index (Phi) is 3.51. The average molecular weight is 326 g/mol. The number of aliphatic imine (C=N–C) groups is 1. The van der Waals surface area contributed by atoms with E-state index in [1.165, 1.54) is 6.07 Å². The largest absolute Gasteiger partial charge is 0.300 e. The molecule has 0 bridgehead atoms. The summed E-state index contributed by atoms with van der Waals surface area (Å²) in [5, 5.41) is 9.30. The summed E-state index contributed by atoms with van der Waals surface area (Å²) < 4.78 is 1.94. The van der Waals surface area contributed by atoms with Gasteiger partial charge in [0.15, 0.2) is 0 Å². The zero-order valence-electron chi connectivity index (χ0n) is 13.6. The van der Waals surface area contributed by atoms with E-state index in [0.717, 1.165) is 28.2 Å². The van der Waals surface area contributed by atoms with E-state index < -0.39 is 0 Å². The predicted molar refractivity (Wildman–Crippen MR) is 95.1 cm³/mol. The van der Waals surface area contributed by atoms with Crippen LogP contribution in [0.2, 0.25) is 0 Å². The Morgan fingerprint density at radius 3 is 2.68 bits per heavy atom. The van der Waals surface area contributed by atoms with E-state index in [-0.39, 0.29) is 5.56 Å². The van der Waals surface area contributed by atoms with Crippen molar-refractivity contribution in [3.05, 3.63) is 93.2 Å². The first kappa shape index (κ1) is 15.0. The van der Waals surface area contributed by atoms with E-state index in [1.54, 1.807) is 6.07 Å². The fraction of sp³-hybridized carbons (Fsp3) is 0.100. The molecule has 0 saturated heterocycles. The fourth-order valence-corrected chi connectivity index (χ4v) is 3.16. The highest BCUT2D eigenvalue weighted by Crippen LogP contribution is 2.26. The van der Waals surface area contributed by atoms with Crippen LogP contribution in [0.5, 0.6) is 0 Å². The summed E-state index contributed by atoms with van der Waals surface area (Å²) in [5.41, 5.74) is 4.59. The minimum absolute atomic E-state index is 0.266. The van der Waals surface area contributed by atoms with Crippen molar-refractivity contribution in [2.24, 2.45) is 4.99 Å². The zero-order valence-corrected chi connectivity index (χ0v) is 13.6. The number of fused-ring (bicyclic) bond motifs is 3. The van der Waals surface area contributed by atoms with Gasteiger partial charge in [-0.15, -0.1) is 0 Å². The standard InChI is InChI=1S/C20H14N4O/c1-13-9-19(25)23-18-12-22-20(15-5-3-2-4-6-15)16-10-14(11-21)7-8-17(16)24(13)18/h2-10H,12H2,1H3. The molecular weight excluding hydrogens is 312 g/mol. The molecule has 0 aliphatic carbocycles. The summed E-state index contributed by atoms with van der Waals surface area (Å²) in [5.74, 6) is 0.599. The smallest absolute Gasteiger partial charge is 0.273 e. The van der Waals surface area contributed by atoms with Crippen LogP contribution >= 0.6 is 0 Å². The predicted octanol–water partition coefficient (Wildman–Crippen LogP) is 2.76. The van der Waals surface area contributed by atoms with E-state index in [1.807, 2.05) is 54.0 Å². The van der Waals surface area contributed by atoms with E-state index in [9.17, 15) is 10.1 Å². The van der Waals surface area contributed by atoms with E-state index in [4.69, 9.17) is 4.99 Å². The monoisotopic (exact) mass is 326 g/mol. The van der Waals surface area contributed by atoms with Gasteiger partial charge >= 0.3 is 0 Å². The number of nitrogens with zero attached hydrogens (tertiary/aromatic N) is 4. The molecule has 5 heteroatoms. The van der Waals surface area contributed by atoms with E-state index in [0.29, 0.717) is 17.9 Å². The van der Waals surface area contributed by atoms with Crippen molar-refractivity contribution in [3.8, 4) is 11.8 Å². The van der Waals surface area contributed by atoms with Gasteiger partial charge in [0.2, 0.25) is 0 Å². The van der Waals surface area contributed by atoms with Gasteiger partial charge in [-0.05, 0) is 25.1 Å². The van der Waals surface area contributed by atoms with Gasteiger partial charge < -0.3 is 4.57 Å². The van der Waals surface area contributed by atoms with Crippen LogP contribution in [0.3, 0.4) is 0 Å². The second-order valence-electron chi connectivity index (χ2n) is 5.86. The number of aryl methyl sites for hydroxylation is 1. The third kappa shape index (κ3) is 2.54. The lowest BCUT2D eigenvalue weighted by atomic mass is 9.98. The first-order chi connectivity index (χ1) is 12.2. The molecule has 1 aliphatic rings. The molecule has 3 aromatic rings. The lowest BCUT2D eigenvalue weighted by Gasteiger charge is -2.16. The highest BCUT2D eigenvalue weighted by molar-refractivity contribution is 6.15. The molecule has 0 radical (unpaired) electrons. The summed E-state index contributed by atoms with van der Waals surface area (Å²) in [4.78, 5) is 20.7. The third-order valence-corrected chi connectivity index (χ3v) is 4.23. The molecule has 5 nitrogen and oxygen atoms in total. The Morgan fingerprint density at radius 2 is 1.92 bits per heavy atom. The van der Waals surface area contributed by atoms with Gasteiger partial charge in [-0.2, -0.15) is 10.2 Å². The van der Waals surface area contributed by atoms with Crippen LogP contribution in [0, 0.1) is 18.3 Å². The van der Waals surface area contributed by atoms with Crippen LogP contribution in [0.15, 0.2) is 64.4 Å². The highest BCUT2D eigenvalue weighted by Gasteiger charge is 2.20. The van der Waals surface area contributed by atoms with Gasteiger partial charge in [0.05, 0.1) is 29.6 Å². The normalized spacial score (nSPS) is 12.4. The number of rotatable bonds is 1. The Morgan fingerprint density at radius 1 is 1.12 bits per heavy atom. The van der Waals surface area contributed by atoms with E-state index in [2.05, 4.69) is 11.1 Å². The molecule has 1 aromatic heterocycles. The molecule has 0 fully saturated rings. The summed E-state index contributed by atoms with van der Waals surface area (Å²) >= 11 is 0.